The van der Waals surface area contributed by atoms with Gasteiger partial charge in [0.2, 0.25) is 0 Å². The van der Waals surface area contributed by atoms with E-state index in [0.717, 1.165) is 36.0 Å². The quantitative estimate of drug-likeness (QED) is 0.828. The average molecular weight is 219 g/mol. The van der Waals surface area contributed by atoms with Crippen LogP contribution in [0.1, 0.15) is 23.7 Å². The summed E-state index contributed by atoms with van der Waals surface area (Å²) >= 11 is 1.91. The van der Waals surface area contributed by atoms with E-state index in [1.165, 1.54) is 5.56 Å². The Morgan fingerprint density at radius 2 is 2.53 bits per heavy atom. The predicted molar refractivity (Wildman–Crippen MR) is 63.0 cm³/mol. The highest BCUT2D eigenvalue weighted by Gasteiger charge is 2.14. The van der Waals surface area contributed by atoms with Gasteiger partial charge in [0.1, 0.15) is 11.9 Å². The highest BCUT2D eigenvalue weighted by molar-refractivity contribution is 7.98. The lowest BCUT2D eigenvalue weighted by molar-refractivity contribution is 0.981. The standard InChI is InChI=1S/C11H13N3S/c1-2-13-11-8(6-12)5-9-7-15-4-3-10(9)14-11/h5H,2-4,7H2,1H3,(H,13,14). The Labute approximate surface area is 93.9 Å². The molecule has 0 amide bonds. The lowest BCUT2D eigenvalue weighted by atomic mass is 10.1. The second-order valence-electron chi connectivity index (χ2n) is 3.44. The van der Waals surface area contributed by atoms with Crippen LogP contribution in [0.3, 0.4) is 0 Å². The van der Waals surface area contributed by atoms with E-state index in [2.05, 4.69) is 16.4 Å². The number of thioether (sulfide) groups is 1. The van der Waals surface area contributed by atoms with Gasteiger partial charge in [-0.1, -0.05) is 0 Å². The summed E-state index contributed by atoms with van der Waals surface area (Å²) in [5, 5.41) is 12.1. The van der Waals surface area contributed by atoms with Crippen LogP contribution in [0.5, 0.6) is 0 Å². The van der Waals surface area contributed by atoms with Crippen LogP contribution in [0.2, 0.25) is 0 Å². The molecule has 4 heteroatoms. The molecule has 1 aliphatic rings. The van der Waals surface area contributed by atoms with Crippen molar-refractivity contribution < 1.29 is 0 Å². The highest BCUT2D eigenvalue weighted by atomic mass is 32.2. The van der Waals surface area contributed by atoms with Gasteiger partial charge in [0.05, 0.1) is 5.56 Å². The zero-order valence-electron chi connectivity index (χ0n) is 8.71. The first-order valence-corrected chi connectivity index (χ1v) is 6.25. The molecule has 78 valence electrons. The van der Waals surface area contributed by atoms with Crippen LogP contribution < -0.4 is 5.32 Å². The number of rotatable bonds is 2. The van der Waals surface area contributed by atoms with Crippen molar-refractivity contribution in [3.8, 4) is 6.07 Å². The van der Waals surface area contributed by atoms with Gasteiger partial charge in [0.25, 0.3) is 0 Å². The normalized spacial score (nSPS) is 14.1. The Kier molecular flexibility index (Phi) is 3.12. The number of aromatic nitrogens is 1. The molecule has 15 heavy (non-hydrogen) atoms. The zero-order chi connectivity index (χ0) is 10.7. The Bertz CT molecular complexity index is 409. The number of hydrogen-bond acceptors (Lipinski definition) is 4. The minimum absolute atomic E-state index is 0.665. The van der Waals surface area contributed by atoms with Crippen LogP contribution in [0.25, 0.3) is 0 Å². The van der Waals surface area contributed by atoms with E-state index in [4.69, 9.17) is 5.26 Å². The number of hydrogen-bond donors (Lipinski definition) is 1. The smallest absolute Gasteiger partial charge is 0.144 e. The van der Waals surface area contributed by atoms with Gasteiger partial charge < -0.3 is 5.32 Å². The molecule has 1 N–H and O–H groups in total. The zero-order valence-corrected chi connectivity index (χ0v) is 9.52. The Morgan fingerprint density at radius 1 is 1.67 bits per heavy atom. The molecule has 3 nitrogen and oxygen atoms in total. The summed E-state index contributed by atoms with van der Waals surface area (Å²) in [4.78, 5) is 4.53. The minimum atomic E-state index is 0.665. The molecule has 2 rings (SSSR count). The summed E-state index contributed by atoms with van der Waals surface area (Å²) in [6.45, 7) is 2.81. The molecule has 0 atom stereocenters. The van der Waals surface area contributed by atoms with Gasteiger partial charge in [-0.05, 0) is 30.7 Å². The van der Waals surface area contributed by atoms with E-state index in [-0.39, 0.29) is 0 Å². The SMILES string of the molecule is CCNc1nc2c(cc1C#N)CSCC2. The van der Waals surface area contributed by atoms with E-state index in [9.17, 15) is 0 Å². The van der Waals surface area contributed by atoms with Crippen molar-refractivity contribution in [2.24, 2.45) is 0 Å². The van der Waals surface area contributed by atoms with Crippen molar-refractivity contribution in [2.75, 3.05) is 17.6 Å². The van der Waals surface area contributed by atoms with Gasteiger partial charge in [-0.15, -0.1) is 0 Å². The number of nitriles is 1. The molecule has 1 aromatic rings. The number of anilines is 1. The molecule has 0 unspecified atom stereocenters. The lowest BCUT2D eigenvalue weighted by Gasteiger charge is -2.16. The summed E-state index contributed by atoms with van der Waals surface area (Å²) in [6.07, 6.45) is 1.02. The molecule has 1 aromatic heterocycles. The number of nitrogens with one attached hydrogen (secondary N) is 1. The van der Waals surface area contributed by atoms with Crippen LogP contribution >= 0.6 is 11.8 Å². The Hall–Kier alpha value is -1.21. The molecule has 0 aliphatic carbocycles. The third kappa shape index (κ3) is 2.07. The predicted octanol–water partition coefficient (Wildman–Crippen LogP) is 2.17. The van der Waals surface area contributed by atoms with Crippen LogP contribution in [0, 0.1) is 11.3 Å². The molecule has 0 fully saturated rings. The van der Waals surface area contributed by atoms with Crippen molar-refractivity contribution in [1.29, 1.82) is 5.26 Å². The fraction of sp³-hybridized carbons (Fsp3) is 0.455. The Morgan fingerprint density at radius 3 is 3.27 bits per heavy atom. The maximum absolute atomic E-state index is 9.01. The number of pyridine rings is 1. The summed E-state index contributed by atoms with van der Waals surface area (Å²) in [5.74, 6) is 2.87. The summed E-state index contributed by atoms with van der Waals surface area (Å²) < 4.78 is 0. The molecule has 2 heterocycles. The molecular weight excluding hydrogens is 206 g/mol. The van der Waals surface area contributed by atoms with Crippen molar-refractivity contribution in [3.05, 3.63) is 22.9 Å². The van der Waals surface area contributed by atoms with E-state index in [1.54, 1.807) is 0 Å². The van der Waals surface area contributed by atoms with Gasteiger partial charge >= 0.3 is 0 Å². The Balaban J connectivity index is 2.43. The molecular formula is C11H13N3S. The average Bonchev–Trinajstić information content (AvgIpc) is 2.28. The molecule has 0 saturated carbocycles. The molecule has 0 spiro atoms. The van der Waals surface area contributed by atoms with Crippen molar-refractivity contribution in [3.63, 3.8) is 0 Å². The van der Waals surface area contributed by atoms with Gasteiger partial charge in [-0.2, -0.15) is 17.0 Å². The molecule has 0 aromatic carbocycles. The fourth-order valence-corrected chi connectivity index (χ4v) is 2.62. The van der Waals surface area contributed by atoms with Gasteiger partial charge in [-0.3, -0.25) is 0 Å². The molecule has 1 aliphatic heterocycles. The van der Waals surface area contributed by atoms with Crippen molar-refractivity contribution in [2.45, 2.75) is 19.1 Å². The van der Waals surface area contributed by atoms with E-state index in [1.807, 2.05) is 24.8 Å². The van der Waals surface area contributed by atoms with Crippen LogP contribution in [-0.4, -0.2) is 17.3 Å². The summed E-state index contributed by atoms with van der Waals surface area (Å²) in [7, 11) is 0. The van der Waals surface area contributed by atoms with Crippen LogP contribution in [-0.2, 0) is 12.2 Å². The van der Waals surface area contributed by atoms with Gasteiger partial charge in [0.15, 0.2) is 0 Å². The van der Waals surface area contributed by atoms with Gasteiger partial charge in [-0.25, -0.2) is 4.98 Å². The first-order chi connectivity index (χ1) is 7.35. The largest absolute Gasteiger partial charge is 0.369 e. The van der Waals surface area contributed by atoms with E-state index >= 15 is 0 Å². The summed E-state index contributed by atoms with van der Waals surface area (Å²) in [6, 6.07) is 4.17. The number of aryl methyl sites for hydroxylation is 1. The third-order valence-corrected chi connectivity index (χ3v) is 3.40. The first-order valence-electron chi connectivity index (χ1n) is 5.09. The van der Waals surface area contributed by atoms with Crippen molar-refractivity contribution >= 4 is 17.6 Å². The van der Waals surface area contributed by atoms with Crippen LogP contribution in [0.15, 0.2) is 6.07 Å². The molecule has 0 saturated heterocycles. The van der Waals surface area contributed by atoms with Crippen LogP contribution in [0.4, 0.5) is 5.82 Å². The maximum Gasteiger partial charge on any atom is 0.144 e. The second kappa shape index (κ2) is 4.54. The highest BCUT2D eigenvalue weighted by Crippen LogP contribution is 2.26. The number of fused-ring (bicyclic) bond motifs is 1. The maximum atomic E-state index is 9.01. The fourth-order valence-electron chi connectivity index (χ4n) is 1.67. The first kappa shape index (κ1) is 10.3. The molecule has 0 radical (unpaired) electrons. The second-order valence-corrected chi connectivity index (χ2v) is 4.54. The van der Waals surface area contributed by atoms with Crippen molar-refractivity contribution in [1.82, 2.24) is 4.98 Å². The summed E-state index contributed by atoms with van der Waals surface area (Å²) in [5.41, 5.74) is 3.05. The van der Waals surface area contributed by atoms with Gasteiger partial charge in [0, 0.05) is 18.0 Å². The van der Waals surface area contributed by atoms with E-state index < -0.39 is 0 Å². The monoisotopic (exact) mass is 219 g/mol. The molecule has 0 bridgehead atoms. The minimum Gasteiger partial charge on any atom is -0.369 e. The lowest BCUT2D eigenvalue weighted by Crippen LogP contribution is -2.10. The van der Waals surface area contributed by atoms with E-state index in [0.29, 0.717) is 5.56 Å². The third-order valence-electron chi connectivity index (χ3n) is 2.40. The number of nitrogens with zero attached hydrogens (tertiary/aromatic N) is 2. The topological polar surface area (TPSA) is 48.7 Å².